The number of hydrogen-bond donors (Lipinski definition) is 1. The lowest BCUT2D eigenvalue weighted by molar-refractivity contribution is 0.624. The van der Waals surface area contributed by atoms with Crippen LogP contribution >= 0.6 is 0 Å². The predicted octanol–water partition coefficient (Wildman–Crippen LogP) is 2.97. The Balaban J connectivity index is 2.31. The third-order valence-electron chi connectivity index (χ3n) is 3.15. The summed E-state index contributed by atoms with van der Waals surface area (Å²) in [5.74, 6) is 0.882. The minimum atomic E-state index is -0.101. The summed E-state index contributed by atoms with van der Waals surface area (Å²) in [5, 5.41) is 0. The highest BCUT2D eigenvalue weighted by atomic mass is 16.1. The van der Waals surface area contributed by atoms with Gasteiger partial charge in [0.05, 0.1) is 11.0 Å². The number of H-pyrrole nitrogens is 1. The molecule has 1 N–H and O–H groups in total. The van der Waals surface area contributed by atoms with E-state index in [1.807, 2.05) is 18.2 Å². The zero-order chi connectivity index (χ0) is 13.4. The molecule has 0 saturated heterocycles. The SMILES string of the molecule is CC(C)n1c(-c2ccc(=O)[nH]c2)nc2ccccc21. The van der Waals surface area contributed by atoms with Gasteiger partial charge in [-0.1, -0.05) is 12.1 Å². The first-order valence-electron chi connectivity index (χ1n) is 6.33. The minimum absolute atomic E-state index is 0.101. The summed E-state index contributed by atoms with van der Waals surface area (Å²) >= 11 is 0. The molecule has 96 valence electrons. The van der Waals surface area contributed by atoms with Gasteiger partial charge in [0, 0.05) is 23.9 Å². The topological polar surface area (TPSA) is 50.7 Å². The van der Waals surface area contributed by atoms with Crippen molar-refractivity contribution in [2.45, 2.75) is 19.9 Å². The molecule has 3 aromatic rings. The normalized spacial score (nSPS) is 11.3. The fourth-order valence-electron chi connectivity index (χ4n) is 2.32. The number of aromatic nitrogens is 3. The second-order valence-electron chi connectivity index (χ2n) is 4.83. The highest BCUT2D eigenvalue weighted by molar-refractivity contribution is 5.80. The van der Waals surface area contributed by atoms with Crippen LogP contribution in [-0.2, 0) is 0 Å². The van der Waals surface area contributed by atoms with Crippen LogP contribution < -0.4 is 5.56 Å². The van der Waals surface area contributed by atoms with Gasteiger partial charge >= 0.3 is 0 Å². The number of imidazole rings is 1. The number of aromatic amines is 1. The summed E-state index contributed by atoms with van der Waals surface area (Å²) in [6.45, 7) is 4.26. The van der Waals surface area contributed by atoms with Crippen molar-refractivity contribution in [3.63, 3.8) is 0 Å². The molecular weight excluding hydrogens is 238 g/mol. The molecule has 3 rings (SSSR count). The van der Waals surface area contributed by atoms with Crippen molar-refractivity contribution in [1.82, 2.24) is 14.5 Å². The van der Waals surface area contributed by atoms with E-state index in [1.54, 1.807) is 12.3 Å². The summed E-state index contributed by atoms with van der Waals surface area (Å²) in [6, 6.07) is 11.7. The van der Waals surface area contributed by atoms with Crippen LogP contribution in [-0.4, -0.2) is 14.5 Å². The van der Waals surface area contributed by atoms with Crippen LogP contribution in [0.5, 0.6) is 0 Å². The van der Waals surface area contributed by atoms with Crippen molar-refractivity contribution < 1.29 is 0 Å². The quantitative estimate of drug-likeness (QED) is 0.763. The molecule has 0 radical (unpaired) electrons. The number of fused-ring (bicyclic) bond motifs is 1. The van der Waals surface area contributed by atoms with Gasteiger partial charge < -0.3 is 9.55 Å². The van der Waals surface area contributed by atoms with Crippen LogP contribution in [0.15, 0.2) is 47.4 Å². The van der Waals surface area contributed by atoms with Crippen molar-refractivity contribution in [1.29, 1.82) is 0 Å². The first-order valence-corrected chi connectivity index (χ1v) is 6.33. The Morgan fingerprint density at radius 1 is 1.16 bits per heavy atom. The maximum absolute atomic E-state index is 11.2. The van der Waals surface area contributed by atoms with Crippen molar-refractivity contribution in [3.8, 4) is 11.4 Å². The Bertz CT molecular complexity index is 763. The van der Waals surface area contributed by atoms with Crippen LogP contribution in [0.1, 0.15) is 19.9 Å². The van der Waals surface area contributed by atoms with Gasteiger partial charge in [-0.25, -0.2) is 4.98 Å². The van der Waals surface area contributed by atoms with Gasteiger partial charge in [-0.05, 0) is 32.0 Å². The summed E-state index contributed by atoms with van der Waals surface area (Å²) < 4.78 is 2.18. The maximum Gasteiger partial charge on any atom is 0.247 e. The number of nitrogens with one attached hydrogen (secondary N) is 1. The molecule has 0 unspecified atom stereocenters. The lowest BCUT2D eigenvalue weighted by atomic mass is 10.2. The van der Waals surface area contributed by atoms with E-state index in [2.05, 4.69) is 34.4 Å². The Kier molecular flexibility index (Phi) is 2.71. The fraction of sp³-hybridized carbons (Fsp3) is 0.200. The highest BCUT2D eigenvalue weighted by Crippen LogP contribution is 2.27. The zero-order valence-corrected chi connectivity index (χ0v) is 10.9. The number of para-hydroxylation sites is 2. The molecule has 19 heavy (non-hydrogen) atoms. The lowest BCUT2D eigenvalue weighted by Gasteiger charge is -2.12. The molecule has 0 aliphatic carbocycles. The molecule has 4 heteroatoms. The molecule has 2 heterocycles. The van der Waals surface area contributed by atoms with Crippen molar-refractivity contribution in [3.05, 3.63) is 52.9 Å². The third kappa shape index (κ3) is 1.95. The first-order chi connectivity index (χ1) is 9.16. The van der Waals surface area contributed by atoms with E-state index in [-0.39, 0.29) is 5.56 Å². The molecule has 1 aromatic carbocycles. The molecule has 0 aliphatic heterocycles. The van der Waals surface area contributed by atoms with Gasteiger partial charge in [0.1, 0.15) is 5.82 Å². The largest absolute Gasteiger partial charge is 0.328 e. The van der Waals surface area contributed by atoms with Crippen LogP contribution in [0, 0.1) is 0 Å². The number of benzene rings is 1. The Morgan fingerprint density at radius 2 is 1.95 bits per heavy atom. The van der Waals surface area contributed by atoms with Gasteiger partial charge in [-0.15, -0.1) is 0 Å². The Morgan fingerprint density at radius 3 is 2.63 bits per heavy atom. The Hall–Kier alpha value is -2.36. The molecular formula is C15H15N3O. The molecule has 0 fully saturated rings. The summed E-state index contributed by atoms with van der Waals surface area (Å²) in [6.07, 6.45) is 1.71. The summed E-state index contributed by atoms with van der Waals surface area (Å²) in [4.78, 5) is 18.5. The number of rotatable bonds is 2. The molecule has 0 atom stereocenters. The monoisotopic (exact) mass is 253 g/mol. The van der Waals surface area contributed by atoms with Crippen molar-refractivity contribution in [2.75, 3.05) is 0 Å². The van der Waals surface area contributed by atoms with Crippen LogP contribution in [0.3, 0.4) is 0 Å². The average molecular weight is 253 g/mol. The van der Waals surface area contributed by atoms with E-state index >= 15 is 0 Å². The molecule has 0 aliphatic rings. The zero-order valence-electron chi connectivity index (χ0n) is 10.9. The number of nitrogens with zero attached hydrogens (tertiary/aromatic N) is 2. The van der Waals surface area contributed by atoms with Gasteiger partial charge in [0.25, 0.3) is 0 Å². The second kappa shape index (κ2) is 4.39. The van der Waals surface area contributed by atoms with Crippen molar-refractivity contribution in [2.24, 2.45) is 0 Å². The number of pyridine rings is 1. The van der Waals surface area contributed by atoms with E-state index in [0.29, 0.717) is 6.04 Å². The Labute approximate surface area is 110 Å². The van der Waals surface area contributed by atoms with Gasteiger partial charge in [-0.3, -0.25) is 4.79 Å². The van der Waals surface area contributed by atoms with E-state index in [1.165, 1.54) is 6.07 Å². The molecule has 0 saturated carbocycles. The summed E-state index contributed by atoms with van der Waals surface area (Å²) in [5.41, 5.74) is 2.90. The lowest BCUT2D eigenvalue weighted by Crippen LogP contribution is -2.06. The number of hydrogen-bond acceptors (Lipinski definition) is 2. The predicted molar refractivity (Wildman–Crippen MR) is 76.2 cm³/mol. The average Bonchev–Trinajstić information content (AvgIpc) is 2.78. The second-order valence-corrected chi connectivity index (χ2v) is 4.83. The molecule has 0 amide bonds. The highest BCUT2D eigenvalue weighted by Gasteiger charge is 2.14. The van der Waals surface area contributed by atoms with E-state index in [4.69, 9.17) is 0 Å². The van der Waals surface area contributed by atoms with Gasteiger partial charge in [0.15, 0.2) is 0 Å². The van der Waals surface area contributed by atoms with E-state index < -0.39 is 0 Å². The smallest absolute Gasteiger partial charge is 0.247 e. The first kappa shape index (κ1) is 11.7. The van der Waals surface area contributed by atoms with Crippen molar-refractivity contribution >= 4 is 11.0 Å². The minimum Gasteiger partial charge on any atom is -0.328 e. The van der Waals surface area contributed by atoms with E-state index in [9.17, 15) is 4.79 Å². The van der Waals surface area contributed by atoms with E-state index in [0.717, 1.165) is 22.4 Å². The molecule has 0 spiro atoms. The van der Waals surface area contributed by atoms with Crippen LogP contribution in [0.4, 0.5) is 0 Å². The summed E-state index contributed by atoms with van der Waals surface area (Å²) in [7, 11) is 0. The fourth-order valence-corrected chi connectivity index (χ4v) is 2.32. The van der Waals surface area contributed by atoms with Crippen LogP contribution in [0.25, 0.3) is 22.4 Å². The molecule has 0 bridgehead atoms. The molecule has 2 aromatic heterocycles. The standard InChI is InChI=1S/C15H15N3O/c1-10(2)18-13-6-4-3-5-12(13)17-15(18)11-7-8-14(19)16-9-11/h3-10H,1-2H3,(H,16,19). The van der Waals surface area contributed by atoms with Gasteiger partial charge in [-0.2, -0.15) is 0 Å². The molecule has 4 nitrogen and oxygen atoms in total. The van der Waals surface area contributed by atoms with Crippen LogP contribution in [0.2, 0.25) is 0 Å². The maximum atomic E-state index is 11.2. The third-order valence-corrected chi connectivity index (χ3v) is 3.15. The van der Waals surface area contributed by atoms with Gasteiger partial charge in [0.2, 0.25) is 5.56 Å².